The fourth-order valence-corrected chi connectivity index (χ4v) is 3.27. The Kier molecular flexibility index (Phi) is 2.72. The number of hydrogen-bond donors (Lipinski definition) is 1. The van der Waals surface area contributed by atoms with Gasteiger partial charge in [-0.05, 0) is 32.2 Å². The van der Waals surface area contributed by atoms with Crippen molar-refractivity contribution in [3.63, 3.8) is 0 Å². The molecular weight excluding hydrogens is 198 g/mol. The summed E-state index contributed by atoms with van der Waals surface area (Å²) < 4.78 is 2.35. The molecule has 1 aliphatic carbocycles. The highest BCUT2D eigenvalue weighted by atomic mass is 15.1. The first-order valence-electron chi connectivity index (χ1n) is 6.61. The molecule has 0 amide bonds. The number of imidazole rings is 1. The van der Waals surface area contributed by atoms with Crippen LogP contribution in [0.2, 0.25) is 0 Å². The SMILES string of the molecule is Cn1c(C2CCCC2)cnc1C1CCCN1. The van der Waals surface area contributed by atoms with E-state index >= 15 is 0 Å². The summed E-state index contributed by atoms with van der Waals surface area (Å²) in [7, 11) is 2.19. The van der Waals surface area contributed by atoms with Crippen LogP contribution < -0.4 is 5.32 Å². The van der Waals surface area contributed by atoms with Gasteiger partial charge in [-0.2, -0.15) is 0 Å². The van der Waals surface area contributed by atoms with Crippen LogP contribution in [0.15, 0.2) is 6.20 Å². The van der Waals surface area contributed by atoms with E-state index in [9.17, 15) is 0 Å². The maximum absolute atomic E-state index is 4.64. The molecule has 2 fully saturated rings. The maximum atomic E-state index is 4.64. The Morgan fingerprint density at radius 1 is 1.25 bits per heavy atom. The lowest BCUT2D eigenvalue weighted by Crippen LogP contribution is -2.17. The molecule has 0 radical (unpaired) electrons. The van der Waals surface area contributed by atoms with E-state index in [0.29, 0.717) is 6.04 Å². The zero-order valence-corrected chi connectivity index (χ0v) is 10.1. The Morgan fingerprint density at radius 2 is 2.06 bits per heavy atom. The van der Waals surface area contributed by atoms with E-state index in [-0.39, 0.29) is 0 Å². The number of hydrogen-bond acceptors (Lipinski definition) is 2. The lowest BCUT2D eigenvalue weighted by Gasteiger charge is -2.14. The fourth-order valence-electron chi connectivity index (χ4n) is 3.27. The summed E-state index contributed by atoms with van der Waals surface area (Å²) >= 11 is 0. The van der Waals surface area contributed by atoms with E-state index in [1.165, 1.54) is 50.0 Å². The lowest BCUT2D eigenvalue weighted by atomic mass is 10.1. The standard InChI is InChI=1S/C13H21N3/c1-16-12(10-5-2-3-6-10)9-15-13(16)11-7-4-8-14-11/h9-11,14H,2-8H2,1H3. The molecular formula is C13H21N3. The van der Waals surface area contributed by atoms with Crippen molar-refractivity contribution in [1.82, 2.24) is 14.9 Å². The number of rotatable bonds is 2. The molecule has 3 nitrogen and oxygen atoms in total. The van der Waals surface area contributed by atoms with Crippen LogP contribution in [0.1, 0.15) is 62.0 Å². The van der Waals surface area contributed by atoms with Crippen molar-refractivity contribution in [2.45, 2.75) is 50.5 Å². The number of aromatic nitrogens is 2. The van der Waals surface area contributed by atoms with E-state index in [2.05, 4.69) is 28.1 Å². The largest absolute Gasteiger partial charge is 0.334 e. The van der Waals surface area contributed by atoms with Gasteiger partial charge >= 0.3 is 0 Å². The molecule has 3 rings (SSSR count). The first-order valence-corrected chi connectivity index (χ1v) is 6.61. The second-order valence-corrected chi connectivity index (χ2v) is 5.23. The molecule has 0 aromatic carbocycles. The quantitative estimate of drug-likeness (QED) is 0.828. The zero-order valence-electron chi connectivity index (χ0n) is 10.1. The summed E-state index contributed by atoms with van der Waals surface area (Å²) in [4.78, 5) is 4.64. The lowest BCUT2D eigenvalue weighted by molar-refractivity contribution is 0.560. The van der Waals surface area contributed by atoms with Crippen LogP contribution in [0.5, 0.6) is 0 Å². The summed E-state index contributed by atoms with van der Waals surface area (Å²) in [6.07, 6.45) is 10.2. The third-order valence-corrected chi connectivity index (χ3v) is 4.21. The molecule has 16 heavy (non-hydrogen) atoms. The third-order valence-electron chi connectivity index (χ3n) is 4.21. The predicted octanol–water partition coefficient (Wildman–Crippen LogP) is 2.50. The summed E-state index contributed by atoms with van der Waals surface area (Å²) in [5.74, 6) is 2.02. The molecule has 1 unspecified atom stereocenters. The fraction of sp³-hybridized carbons (Fsp3) is 0.769. The smallest absolute Gasteiger partial charge is 0.125 e. The van der Waals surface area contributed by atoms with Gasteiger partial charge in [0.05, 0.1) is 6.04 Å². The van der Waals surface area contributed by atoms with Gasteiger partial charge < -0.3 is 9.88 Å². The Labute approximate surface area is 97.3 Å². The van der Waals surface area contributed by atoms with Crippen LogP contribution in [0.3, 0.4) is 0 Å². The molecule has 1 saturated heterocycles. The van der Waals surface area contributed by atoms with Crippen molar-refractivity contribution in [3.8, 4) is 0 Å². The van der Waals surface area contributed by atoms with E-state index in [4.69, 9.17) is 0 Å². The highest BCUT2D eigenvalue weighted by Gasteiger charge is 2.25. The Balaban J connectivity index is 1.84. The van der Waals surface area contributed by atoms with Gasteiger partial charge in [0.1, 0.15) is 5.82 Å². The van der Waals surface area contributed by atoms with Gasteiger partial charge in [-0.3, -0.25) is 0 Å². The van der Waals surface area contributed by atoms with Crippen molar-refractivity contribution < 1.29 is 0 Å². The average Bonchev–Trinajstić information content (AvgIpc) is 2.96. The molecule has 1 aromatic rings. The second-order valence-electron chi connectivity index (χ2n) is 5.23. The molecule has 88 valence electrons. The average molecular weight is 219 g/mol. The molecule has 0 spiro atoms. The van der Waals surface area contributed by atoms with Gasteiger partial charge in [0.25, 0.3) is 0 Å². The molecule has 1 aliphatic heterocycles. The first-order chi connectivity index (χ1) is 7.86. The van der Waals surface area contributed by atoms with Gasteiger partial charge in [-0.15, -0.1) is 0 Å². The van der Waals surface area contributed by atoms with Crippen LogP contribution in [0.4, 0.5) is 0 Å². The number of nitrogens with zero attached hydrogens (tertiary/aromatic N) is 2. The minimum atomic E-state index is 0.500. The monoisotopic (exact) mass is 219 g/mol. The highest BCUT2D eigenvalue weighted by Crippen LogP contribution is 2.35. The van der Waals surface area contributed by atoms with Crippen molar-refractivity contribution in [1.29, 1.82) is 0 Å². The first kappa shape index (κ1) is 10.3. The molecule has 1 N–H and O–H groups in total. The molecule has 1 aromatic heterocycles. The predicted molar refractivity (Wildman–Crippen MR) is 64.4 cm³/mol. The Morgan fingerprint density at radius 3 is 2.75 bits per heavy atom. The Bertz CT molecular complexity index is 324. The molecule has 2 aliphatic rings. The van der Waals surface area contributed by atoms with Crippen molar-refractivity contribution in [2.24, 2.45) is 7.05 Å². The van der Waals surface area contributed by atoms with Crippen molar-refractivity contribution in [2.75, 3.05) is 6.54 Å². The Hall–Kier alpha value is -0.830. The van der Waals surface area contributed by atoms with Gasteiger partial charge in [-0.1, -0.05) is 12.8 Å². The van der Waals surface area contributed by atoms with Crippen LogP contribution in [-0.2, 0) is 7.05 Å². The van der Waals surface area contributed by atoms with Crippen LogP contribution >= 0.6 is 0 Å². The van der Waals surface area contributed by atoms with E-state index in [1.807, 2.05) is 0 Å². The normalized spacial score (nSPS) is 26.7. The minimum absolute atomic E-state index is 0.500. The van der Waals surface area contributed by atoms with Gasteiger partial charge in [0.15, 0.2) is 0 Å². The third kappa shape index (κ3) is 1.67. The topological polar surface area (TPSA) is 29.9 Å². The highest BCUT2D eigenvalue weighted by molar-refractivity contribution is 5.14. The second kappa shape index (κ2) is 4.21. The van der Waals surface area contributed by atoms with Crippen LogP contribution in [0, 0.1) is 0 Å². The van der Waals surface area contributed by atoms with Crippen molar-refractivity contribution >= 4 is 0 Å². The van der Waals surface area contributed by atoms with Crippen LogP contribution in [0.25, 0.3) is 0 Å². The van der Waals surface area contributed by atoms with Gasteiger partial charge in [0, 0.05) is 24.9 Å². The van der Waals surface area contributed by atoms with Crippen LogP contribution in [-0.4, -0.2) is 16.1 Å². The molecule has 2 heterocycles. The van der Waals surface area contributed by atoms with E-state index in [0.717, 1.165) is 12.5 Å². The van der Waals surface area contributed by atoms with Gasteiger partial charge in [-0.25, -0.2) is 4.98 Å². The molecule has 1 atom stereocenters. The zero-order chi connectivity index (χ0) is 11.0. The number of nitrogens with one attached hydrogen (secondary N) is 1. The molecule has 1 saturated carbocycles. The minimum Gasteiger partial charge on any atom is -0.334 e. The molecule has 3 heteroatoms. The maximum Gasteiger partial charge on any atom is 0.125 e. The molecule has 0 bridgehead atoms. The van der Waals surface area contributed by atoms with Crippen molar-refractivity contribution in [3.05, 3.63) is 17.7 Å². The van der Waals surface area contributed by atoms with E-state index < -0.39 is 0 Å². The summed E-state index contributed by atoms with van der Waals surface area (Å²) in [5.41, 5.74) is 1.46. The van der Waals surface area contributed by atoms with E-state index in [1.54, 1.807) is 0 Å². The van der Waals surface area contributed by atoms with Gasteiger partial charge in [0.2, 0.25) is 0 Å². The summed E-state index contributed by atoms with van der Waals surface area (Å²) in [6, 6.07) is 0.500. The summed E-state index contributed by atoms with van der Waals surface area (Å²) in [5, 5.41) is 3.53. The summed E-state index contributed by atoms with van der Waals surface area (Å²) in [6.45, 7) is 1.15.